The van der Waals surface area contributed by atoms with E-state index in [1.54, 1.807) is 6.92 Å². The maximum absolute atomic E-state index is 10.9. The van der Waals surface area contributed by atoms with Gasteiger partial charge in [0, 0.05) is 17.8 Å². The van der Waals surface area contributed by atoms with Gasteiger partial charge in [-0.05, 0) is 5.53 Å². The largest absolute Gasteiger partial charge is 0.390 e. The first-order chi connectivity index (χ1) is 7.97. The average molecular weight is 244 g/mol. The monoisotopic (exact) mass is 244 g/mol. The second-order valence-corrected chi connectivity index (χ2v) is 4.05. The van der Waals surface area contributed by atoms with Gasteiger partial charge in [-0.1, -0.05) is 12.0 Å². The topological polar surface area (TPSA) is 128 Å². The lowest BCUT2D eigenvalue weighted by Crippen LogP contribution is -2.60. The fraction of sp³-hybridized carbons (Fsp3) is 0.889. The summed E-state index contributed by atoms with van der Waals surface area (Å²) in [4.78, 5) is 13.5. The first kappa shape index (κ1) is 13.7. The van der Waals surface area contributed by atoms with E-state index in [4.69, 9.17) is 10.3 Å². The van der Waals surface area contributed by atoms with Crippen LogP contribution in [0.2, 0.25) is 0 Å². The van der Waals surface area contributed by atoms with Gasteiger partial charge in [0.15, 0.2) is 6.29 Å². The van der Waals surface area contributed by atoms with Crippen molar-refractivity contribution in [2.24, 2.45) is 11.0 Å². The zero-order valence-electron chi connectivity index (χ0n) is 9.65. The Kier molecular flexibility index (Phi) is 4.71. The molecular formula is C9H16N4O4. The van der Waals surface area contributed by atoms with Crippen LogP contribution in [0, 0.1) is 5.92 Å². The number of nitrogens with one attached hydrogen (secondary N) is 1. The van der Waals surface area contributed by atoms with Gasteiger partial charge >= 0.3 is 0 Å². The number of hydrogen-bond acceptors (Lipinski definition) is 5. The molecule has 8 heteroatoms. The van der Waals surface area contributed by atoms with Crippen LogP contribution in [0.5, 0.6) is 0 Å². The van der Waals surface area contributed by atoms with Crippen molar-refractivity contribution in [2.45, 2.75) is 38.4 Å². The van der Waals surface area contributed by atoms with E-state index >= 15 is 0 Å². The summed E-state index contributed by atoms with van der Waals surface area (Å²) in [6.07, 6.45) is -2.84. The first-order valence-corrected chi connectivity index (χ1v) is 5.27. The molecule has 8 nitrogen and oxygen atoms in total. The SMILES string of the molecule is CC(=O)N[C@@H]1C(O)O[C@H](CN=[N+]=[N-])[C@@H](C)[C@@H]1O. The van der Waals surface area contributed by atoms with E-state index in [-0.39, 0.29) is 18.4 Å². The van der Waals surface area contributed by atoms with Gasteiger partial charge in [-0.2, -0.15) is 0 Å². The number of carbonyl (C=O) groups excluding carboxylic acids is 1. The van der Waals surface area contributed by atoms with Crippen molar-refractivity contribution < 1.29 is 19.7 Å². The van der Waals surface area contributed by atoms with Crippen molar-refractivity contribution in [3.63, 3.8) is 0 Å². The van der Waals surface area contributed by atoms with Gasteiger partial charge in [0.25, 0.3) is 0 Å². The quantitative estimate of drug-likeness (QED) is 0.351. The smallest absolute Gasteiger partial charge is 0.217 e. The van der Waals surface area contributed by atoms with E-state index < -0.39 is 24.5 Å². The number of azide groups is 1. The van der Waals surface area contributed by atoms with E-state index in [2.05, 4.69) is 15.3 Å². The molecule has 0 bridgehead atoms. The zero-order chi connectivity index (χ0) is 13.0. The molecule has 0 saturated carbocycles. The van der Waals surface area contributed by atoms with Gasteiger partial charge in [0.2, 0.25) is 5.91 Å². The molecule has 0 aromatic heterocycles. The van der Waals surface area contributed by atoms with Crippen LogP contribution >= 0.6 is 0 Å². The van der Waals surface area contributed by atoms with Crippen molar-refractivity contribution in [3.8, 4) is 0 Å². The number of aliphatic hydroxyl groups is 2. The van der Waals surface area contributed by atoms with E-state index in [9.17, 15) is 15.0 Å². The third-order valence-corrected chi connectivity index (χ3v) is 2.81. The van der Waals surface area contributed by atoms with Gasteiger partial charge in [-0.15, -0.1) is 0 Å². The average Bonchev–Trinajstić information content (AvgIpc) is 2.27. The molecule has 1 rings (SSSR count). The van der Waals surface area contributed by atoms with Crippen LogP contribution in [-0.4, -0.2) is 47.2 Å². The number of nitrogens with zero attached hydrogens (tertiary/aromatic N) is 3. The fourth-order valence-corrected chi connectivity index (χ4v) is 1.82. The standard InChI is InChI=1S/C9H16N4O4/c1-4-6(3-11-13-10)17-9(16)7(8(4)15)12-5(2)14/h4,6-9,15-16H,3H2,1-2H3,(H,12,14)/t4-,6-,7+,8+,9?/m1/s1. The predicted molar refractivity (Wildman–Crippen MR) is 57.7 cm³/mol. The summed E-state index contributed by atoms with van der Waals surface area (Å²) >= 11 is 0. The highest BCUT2D eigenvalue weighted by atomic mass is 16.6. The Morgan fingerprint density at radius 3 is 2.76 bits per heavy atom. The summed E-state index contributed by atoms with van der Waals surface area (Å²) in [7, 11) is 0. The molecule has 1 aliphatic heterocycles. The number of hydrogen-bond donors (Lipinski definition) is 3. The minimum Gasteiger partial charge on any atom is -0.390 e. The van der Waals surface area contributed by atoms with Crippen LogP contribution < -0.4 is 5.32 Å². The zero-order valence-corrected chi connectivity index (χ0v) is 9.65. The summed E-state index contributed by atoms with van der Waals surface area (Å²) in [5.74, 6) is -0.724. The van der Waals surface area contributed by atoms with Crippen molar-refractivity contribution in [2.75, 3.05) is 6.54 Å². The van der Waals surface area contributed by atoms with Crippen molar-refractivity contribution in [1.82, 2.24) is 5.32 Å². The Labute approximate surface area is 98.2 Å². The second kappa shape index (κ2) is 5.83. The highest BCUT2D eigenvalue weighted by Crippen LogP contribution is 2.25. The molecule has 0 aromatic carbocycles. The van der Waals surface area contributed by atoms with Crippen LogP contribution in [0.4, 0.5) is 0 Å². The van der Waals surface area contributed by atoms with Gasteiger partial charge in [-0.25, -0.2) is 0 Å². The number of aliphatic hydroxyl groups excluding tert-OH is 2. The van der Waals surface area contributed by atoms with Gasteiger partial charge in [-0.3, -0.25) is 4.79 Å². The minimum absolute atomic E-state index is 0.0264. The first-order valence-electron chi connectivity index (χ1n) is 5.27. The molecule has 1 fully saturated rings. The fourth-order valence-electron chi connectivity index (χ4n) is 1.82. The Morgan fingerprint density at radius 1 is 1.59 bits per heavy atom. The molecule has 1 saturated heterocycles. The van der Waals surface area contributed by atoms with E-state index in [1.165, 1.54) is 6.92 Å². The normalized spacial score (nSPS) is 37.1. The Morgan fingerprint density at radius 2 is 2.24 bits per heavy atom. The molecule has 0 spiro atoms. The van der Waals surface area contributed by atoms with Crippen LogP contribution in [0.1, 0.15) is 13.8 Å². The molecule has 0 radical (unpaired) electrons. The Hall–Kier alpha value is -1.34. The van der Waals surface area contributed by atoms with Gasteiger partial charge in [0.1, 0.15) is 6.04 Å². The second-order valence-electron chi connectivity index (χ2n) is 4.05. The third kappa shape index (κ3) is 3.31. The summed E-state index contributed by atoms with van der Waals surface area (Å²) in [6.45, 7) is 3.01. The van der Waals surface area contributed by atoms with Gasteiger partial charge in [0.05, 0.1) is 18.8 Å². The lowest BCUT2D eigenvalue weighted by molar-refractivity contribution is -0.225. The molecule has 1 heterocycles. The molecule has 96 valence electrons. The summed E-state index contributed by atoms with van der Waals surface area (Å²) in [5, 5.41) is 25.3. The Bertz CT molecular complexity index is 331. The van der Waals surface area contributed by atoms with Crippen LogP contribution in [-0.2, 0) is 9.53 Å². The van der Waals surface area contributed by atoms with Crippen molar-refractivity contribution >= 4 is 5.91 Å². The van der Waals surface area contributed by atoms with E-state index in [1.807, 2.05) is 0 Å². The summed E-state index contributed by atoms with van der Waals surface area (Å²) < 4.78 is 5.20. The predicted octanol–water partition coefficient (Wildman–Crippen LogP) is -0.484. The molecule has 0 aromatic rings. The lowest BCUT2D eigenvalue weighted by atomic mass is 9.89. The van der Waals surface area contributed by atoms with Crippen molar-refractivity contribution in [1.29, 1.82) is 0 Å². The molecule has 3 N–H and O–H groups in total. The van der Waals surface area contributed by atoms with Crippen LogP contribution in [0.15, 0.2) is 5.11 Å². The molecule has 1 unspecified atom stereocenters. The van der Waals surface area contributed by atoms with E-state index in [0.29, 0.717) is 0 Å². The molecule has 1 aliphatic rings. The van der Waals surface area contributed by atoms with E-state index in [0.717, 1.165) is 0 Å². The molecular weight excluding hydrogens is 228 g/mol. The maximum Gasteiger partial charge on any atom is 0.217 e. The number of rotatable bonds is 3. The molecule has 0 aliphatic carbocycles. The maximum atomic E-state index is 10.9. The molecule has 17 heavy (non-hydrogen) atoms. The Balaban J connectivity index is 2.71. The van der Waals surface area contributed by atoms with Crippen LogP contribution in [0.25, 0.3) is 10.4 Å². The molecule has 5 atom stereocenters. The number of ether oxygens (including phenoxy) is 1. The number of carbonyl (C=O) groups is 1. The van der Waals surface area contributed by atoms with Crippen LogP contribution in [0.3, 0.4) is 0 Å². The van der Waals surface area contributed by atoms with Crippen molar-refractivity contribution in [3.05, 3.63) is 10.4 Å². The highest BCUT2D eigenvalue weighted by Gasteiger charge is 2.42. The molecule has 1 amide bonds. The highest BCUT2D eigenvalue weighted by molar-refractivity contribution is 5.73. The lowest BCUT2D eigenvalue weighted by Gasteiger charge is -2.41. The third-order valence-electron chi connectivity index (χ3n) is 2.81. The van der Waals surface area contributed by atoms with Gasteiger partial charge < -0.3 is 20.3 Å². The number of amides is 1. The summed E-state index contributed by atoms with van der Waals surface area (Å²) in [6, 6.07) is -0.871. The summed E-state index contributed by atoms with van der Waals surface area (Å²) in [5.41, 5.74) is 8.21. The minimum atomic E-state index is -1.32.